The molecule has 2 aliphatic heterocycles. The van der Waals surface area contributed by atoms with Crippen LogP contribution in [0.15, 0.2) is 36.7 Å². The van der Waals surface area contributed by atoms with E-state index in [1.807, 2.05) is 0 Å². The lowest BCUT2D eigenvalue weighted by atomic mass is 9.94. The van der Waals surface area contributed by atoms with E-state index in [2.05, 4.69) is 69.3 Å². The number of rotatable bonds is 7. The van der Waals surface area contributed by atoms with Crippen LogP contribution >= 0.6 is 11.3 Å². The Morgan fingerprint density at radius 2 is 2.00 bits per heavy atom. The fourth-order valence-electron chi connectivity index (χ4n) is 5.51. The summed E-state index contributed by atoms with van der Waals surface area (Å²) >= 11 is 1.75. The van der Waals surface area contributed by atoms with Crippen molar-refractivity contribution in [2.75, 3.05) is 37.6 Å². The van der Waals surface area contributed by atoms with Gasteiger partial charge in [0.2, 0.25) is 5.91 Å². The molecule has 35 heavy (non-hydrogen) atoms. The minimum atomic E-state index is 0.0273. The topological polar surface area (TPSA) is 61.4 Å². The standard InChI is InChI=1S/C28H37N5OS/c1-3-24-15-25-26(30-19-31-28(25)35-24)33-11-5-8-23(18-33)27(34)29-16-21-9-12-32(13-10-21)17-22-7-4-6-20(2)14-22/h4,6-7,14-15,19,21,23H,3,5,8-13,16-18H2,1-2H3,(H,29,34)/t23-/m1/s1. The molecular weight excluding hydrogens is 454 g/mol. The lowest BCUT2D eigenvalue weighted by molar-refractivity contribution is -0.125. The molecule has 1 amide bonds. The van der Waals surface area contributed by atoms with Crippen LogP contribution in [-0.4, -0.2) is 53.5 Å². The largest absolute Gasteiger partial charge is 0.356 e. The Labute approximate surface area is 212 Å². The first-order valence-corrected chi connectivity index (χ1v) is 13.9. The van der Waals surface area contributed by atoms with E-state index in [-0.39, 0.29) is 11.8 Å². The Morgan fingerprint density at radius 1 is 1.14 bits per heavy atom. The van der Waals surface area contributed by atoms with E-state index < -0.39 is 0 Å². The number of nitrogens with zero attached hydrogens (tertiary/aromatic N) is 4. The zero-order valence-corrected chi connectivity index (χ0v) is 21.8. The monoisotopic (exact) mass is 491 g/mol. The lowest BCUT2D eigenvalue weighted by Crippen LogP contribution is -2.45. The van der Waals surface area contributed by atoms with Gasteiger partial charge in [0.15, 0.2) is 0 Å². The number of likely N-dealkylation sites (tertiary alicyclic amines) is 1. The highest BCUT2D eigenvalue weighted by Crippen LogP contribution is 2.32. The van der Waals surface area contributed by atoms with Crippen LogP contribution in [0.1, 0.15) is 48.6 Å². The number of fused-ring (bicyclic) bond motifs is 1. The van der Waals surface area contributed by atoms with E-state index in [1.54, 1.807) is 17.7 Å². The van der Waals surface area contributed by atoms with Gasteiger partial charge in [-0.15, -0.1) is 11.3 Å². The first kappa shape index (κ1) is 24.2. The average Bonchev–Trinajstić information content (AvgIpc) is 3.32. The van der Waals surface area contributed by atoms with Crippen molar-refractivity contribution in [2.45, 2.75) is 52.5 Å². The van der Waals surface area contributed by atoms with Crippen molar-refractivity contribution in [1.29, 1.82) is 0 Å². The number of carbonyl (C=O) groups excluding carboxylic acids is 1. The predicted octanol–water partition coefficient (Wildman–Crippen LogP) is 4.81. The Kier molecular flexibility index (Phi) is 7.63. The van der Waals surface area contributed by atoms with Gasteiger partial charge in [-0.2, -0.15) is 0 Å². The van der Waals surface area contributed by atoms with Crippen LogP contribution in [0.4, 0.5) is 5.82 Å². The van der Waals surface area contributed by atoms with Crippen LogP contribution < -0.4 is 10.2 Å². The molecule has 1 aromatic carbocycles. The molecule has 6 nitrogen and oxygen atoms in total. The molecule has 1 atom stereocenters. The SMILES string of the molecule is CCc1cc2c(N3CCC[C@@H](C(=O)NCC4CCN(Cc5cccc(C)c5)CC4)C3)ncnc2s1. The van der Waals surface area contributed by atoms with E-state index in [4.69, 9.17) is 0 Å². The molecule has 0 saturated carbocycles. The van der Waals surface area contributed by atoms with Gasteiger partial charge in [0, 0.05) is 31.1 Å². The number of hydrogen-bond donors (Lipinski definition) is 1. The van der Waals surface area contributed by atoms with Crippen LogP contribution in [-0.2, 0) is 17.8 Å². The van der Waals surface area contributed by atoms with Gasteiger partial charge < -0.3 is 10.2 Å². The number of amides is 1. The Morgan fingerprint density at radius 3 is 2.80 bits per heavy atom. The van der Waals surface area contributed by atoms with E-state index in [0.29, 0.717) is 5.92 Å². The smallest absolute Gasteiger partial charge is 0.224 e. The van der Waals surface area contributed by atoms with Crippen LogP contribution in [0, 0.1) is 18.8 Å². The van der Waals surface area contributed by atoms with Crippen molar-refractivity contribution in [3.05, 3.63) is 52.7 Å². The summed E-state index contributed by atoms with van der Waals surface area (Å²) in [6.45, 7) is 10.1. The quantitative estimate of drug-likeness (QED) is 0.514. The van der Waals surface area contributed by atoms with Gasteiger partial charge in [-0.05, 0) is 69.7 Å². The summed E-state index contributed by atoms with van der Waals surface area (Å²) in [6, 6.07) is 11.0. The minimum Gasteiger partial charge on any atom is -0.356 e. The maximum Gasteiger partial charge on any atom is 0.224 e. The highest BCUT2D eigenvalue weighted by molar-refractivity contribution is 7.18. The van der Waals surface area contributed by atoms with Gasteiger partial charge >= 0.3 is 0 Å². The number of thiophene rings is 1. The highest BCUT2D eigenvalue weighted by atomic mass is 32.1. The first-order valence-electron chi connectivity index (χ1n) is 13.1. The average molecular weight is 492 g/mol. The third-order valence-corrected chi connectivity index (χ3v) is 8.75. The van der Waals surface area contributed by atoms with Gasteiger partial charge in [-0.25, -0.2) is 9.97 Å². The second-order valence-electron chi connectivity index (χ2n) is 10.2. The lowest BCUT2D eigenvalue weighted by Gasteiger charge is -2.34. The molecule has 0 spiro atoms. The van der Waals surface area contributed by atoms with Gasteiger partial charge in [-0.3, -0.25) is 9.69 Å². The normalized spacial score (nSPS) is 19.8. The molecule has 2 fully saturated rings. The number of hydrogen-bond acceptors (Lipinski definition) is 6. The van der Waals surface area contributed by atoms with Crippen LogP contribution in [0.25, 0.3) is 10.2 Å². The van der Waals surface area contributed by atoms with Gasteiger partial charge in [0.25, 0.3) is 0 Å². The third-order valence-electron chi connectivity index (χ3n) is 7.56. The second kappa shape index (κ2) is 11.0. The second-order valence-corrected chi connectivity index (χ2v) is 11.3. The highest BCUT2D eigenvalue weighted by Gasteiger charge is 2.28. The van der Waals surface area contributed by atoms with E-state index in [9.17, 15) is 4.79 Å². The minimum absolute atomic E-state index is 0.0273. The molecule has 7 heteroatoms. The van der Waals surface area contributed by atoms with Crippen LogP contribution in [0.2, 0.25) is 0 Å². The fraction of sp³-hybridized carbons (Fsp3) is 0.536. The molecule has 4 heterocycles. The van der Waals surface area contributed by atoms with Crippen molar-refractivity contribution >= 4 is 33.3 Å². The van der Waals surface area contributed by atoms with Gasteiger partial charge in [-0.1, -0.05) is 36.8 Å². The van der Waals surface area contributed by atoms with Crippen molar-refractivity contribution in [3.63, 3.8) is 0 Å². The Hall–Kier alpha value is -2.51. The molecule has 5 rings (SSSR count). The number of nitrogens with one attached hydrogen (secondary N) is 1. The summed E-state index contributed by atoms with van der Waals surface area (Å²) < 4.78 is 0. The maximum absolute atomic E-state index is 13.1. The summed E-state index contributed by atoms with van der Waals surface area (Å²) in [5, 5.41) is 4.43. The number of benzene rings is 1. The first-order chi connectivity index (χ1) is 17.1. The molecule has 1 N–H and O–H groups in total. The number of piperidine rings is 2. The summed E-state index contributed by atoms with van der Waals surface area (Å²) in [7, 11) is 0. The zero-order valence-electron chi connectivity index (χ0n) is 21.0. The molecule has 0 unspecified atom stereocenters. The molecule has 2 saturated heterocycles. The summed E-state index contributed by atoms with van der Waals surface area (Å²) in [4.78, 5) is 29.4. The van der Waals surface area contributed by atoms with E-state index in [1.165, 1.54) is 16.0 Å². The number of aromatic nitrogens is 2. The molecule has 2 aliphatic rings. The molecule has 186 valence electrons. The van der Waals surface area contributed by atoms with Gasteiger partial charge in [0.05, 0.1) is 11.3 Å². The van der Waals surface area contributed by atoms with Crippen molar-refractivity contribution in [3.8, 4) is 0 Å². The third kappa shape index (κ3) is 5.84. The summed E-state index contributed by atoms with van der Waals surface area (Å²) in [5.74, 6) is 1.80. The maximum atomic E-state index is 13.1. The van der Waals surface area contributed by atoms with E-state index >= 15 is 0 Å². The number of carbonyl (C=O) groups is 1. The van der Waals surface area contributed by atoms with Crippen LogP contribution in [0.3, 0.4) is 0 Å². The van der Waals surface area contributed by atoms with Crippen molar-refractivity contribution in [2.24, 2.45) is 11.8 Å². The molecular formula is C28H37N5OS. The summed E-state index contributed by atoms with van der Waals surface area (Å²) in [5.41, 5.74) is 2.72. The van der Waals surface area contributed by atoms with Crippen molar-refractivity contribution < 1.29 is 4.79 Å². The molecule has 0 radical (unpaired) electrons. The van der Waals surface area contributed by atoms with Crippen molar-refractivity contribution in [1.82, 2.24) is 20.2 Å². The van der Waals surface area contributed by atoms with E-state index in [0.717, 1.165) is 87.4 Å². The number of anilines is 1. The molecule has 0 bridgehead atoms. The molecule has 0 aliphatic carbocycles. The Bertz CT molecular complexity index is 1150. The van der Waals surface area contributed by atoms with Crippen LogP contribution in [0.5, 0.6) is 0 Å². The zero-order chi connectivity index (χ0) is 24.2. The summed E-state index contributed by atoms with van der Waals surface area (Å²) in [6.07, 6.45) is 6.96. The number of aryl methyl sites for hydroxylation is 2. The molecule has 3 aromatic rings. The fourth-order valence-corrected chi connectivity index (χ4v) is 6.44. The predicted molar refractivity (Wildman–Crippen MR) is 144 cm³/mol. The van der Waals surface area contributed by atoms with Gasteiger partial charge in [0.1, 0.15) is 17.0 Å². The Balaban J connectivity index is 1.11. The molecule has 2 aromatic heterocycles.